The van der Waals surface area contributed by atoms with E-state index in [4.69, 9.17) is 9.97 Å². The second-order valence-corrected chi connectivity index (χ2v) is 15.0. The van der Waals surface area contributed by atoms with Crippen LogP contribution in [0.3, 0.4) is 0 Å². The molecule has 13 rings (SSSR count). The number of nitrogens with zero attached hydrogens (tertiary/aromatic N) is 2. The summed E-state index contributed by atoms with van der Waals surface area (Å²) in [5, 5.41) is 14.0. The second-order valence-electron chi connectivity index (χ2n) is 15.0. The molecule has 4 heterocycles. The van der Waals surface area contributed by atoms with Gasteiger partial charge in [-0.15, -0.1) is 0 Å². The van der Waals surface area contributed by atoms with Crippen LogP contribution in [0.2, 0.25) is 0 Å². The minimum absolute atomic E-state index is 0.993. The molecule has 0 saturated heterocycles. The first-order chi connectivity index (χ1) is 27.8. The Kier molecular flexibility index (Phi) is 5.86. The van der Waals surface area contributed by atoms with Crippen molar-refractivity contribution in [3.63, 3.8) is 0 Å². The van der Waals surface area contributed by atoms with Crippen molar-refractivity contribution in [2.24, 2.45) is 0 Å². The zero-order chi connectivity index (χ0) is 36.5. The molecule has 0 atom stereocenters. The van der Waals surface area contributed by atoms with Crippen LogP contribution in [0, 0.1) is 0 Å². The van der Waals surface area contributed by atoms with E-state index in [9.17, 15) is 0 Å². The van der Waals surface area contributed by atoms with E-state index in [1.165, 1.54) is 32.3 Å². The van der Waals surface area contributed by atoms with Crippen molar-refractivity contribution in [3.05, 3.63) is 170 Å². The number of benzene rings is 9. The van der Waals surface area contributed by atoms with Crippen molar-refractivity contribution in [3.8, 4) is 22.3 Å². The molecule has 0 fully saturated rings. The lowest BCUT2D eigenvalue weighted by Gasteiger charge is -2.14. The Labute approximate surface area is 319 Å². The Bertz CT molecular complexity index is 3560. The summed E-state index contributed by atoms with van der Waals surface area (Å²) in [6, 6.07) is 61.3. The Morgan fingerprint density at radius 3 is 1.00 bits per heavy atom. The zero-order valence-electron chi connectivity index (χ0n) is 30.1. The van der Waals surface area contributed by atoms with Gasteiger partial charge in [-0.25, -0.2) is 9.97 Å². The van der Waals surface area contributed by atoms with Crippen LogP contribution in [0.15, 0.2) is 170 Å². The molecule has 4 heteroatoms. The van der Waals surface area contributed by atoms with Gasteiger partial charge in [-0.3, -0.25) is 0 Å². The van der Waals surface area contributed by atoms with E-state index in [1.807, 2.05) is 0 Å². The molecule has 0 aliphatic heterocycles. The molecule has 0 saturated carbocycles. The van der Waals surface area contributed by atoms with Crippen LogP contribution in [0.25, 0.3) is 131 Å². The molecule has 258 valence electrons. The molecular weight excluding hydrogens is 681 g/mol. The van der Waals surface area contributed by atoms with E-state index >= 15 is 0 Å². The van der Waals surface area contributed by atoms with Gasteiger partial charge in [0.25, 0.3) is 0 Å². The monoisotopic (exact) mass is 710 g/mol. The van der Waals surface area contributed by atoms with Gasteiger partial charge in [0.2, 0.25) is 0 Å². The molecule has 0 unspecified atom stereocenters. The molecular formula is C52H30N4. The molecule has 13 aromatic rings. The average molecular weight is 711 g/mol. The van der Waals surface area contributed by atoms with E-state index in [0.29, 0.717) is 0 Å². The standard InChI is InChI=1S/C52H30N4/c1-5-13-35-29(9-1)21-25-39-43(51-49(53-45(35)39)41-27-23-31-11-3-7-15-37(31)47(41)55-51)33-17-19-34(20-18-33)44-40-26-22-30-10-2-6-14-36(30)46(40)54-50-42-28-24-32-12-4-8-16-38(32)48(42)56-52(44)50/h1-28,55-56H. The molecule has 0 spiro atoms. The number of H-pyrrole nitrogens is 2. The topological polar surface area (TPSA) is 57.4 Å². The number of hydrogen-bond acceptors (Lipinski definition) is 2. The van der Waals surface area contributed by atoms with E-state index in [-0.39, 0.29) is 0 Å². The predicted molar refractivity (Wildman–Crippen MR) is 237 cm³/mol. The maximum Gasteiger partial charge on any atom is 0.0972 e. The lowest BCUT2D eigenvalue weighted by atomic mass is 9.93. The SMILES string of the molecule is c1ccc2c(c1)ccc1c(-c3ccc(-c4c5ccc6ccccc6c5nc5c4[nH]c4c6ccccc6ccc54)cc3)c3[nH]c4c5ccccc5ccc4c3nc12. The van der Waals surface area contributed by atoms with Gasteiger partial charge in [0.05, 0.1) is 44.1 Å². The molecule has 4 nitrogen and oxygen atoms in total. The largest absolute Gasteiger partial charge is 0.352 e. The molecule has 0 aliphatic carbocycles. The van der Waals surface area contributed by atoms with E-state index in [2.05, 4.69) is 180 Å². The summed E-state index contributed by atoms with van der Waals surface area (Å²) in [5.41, 5.74) is 13.0. The smallest absolute Gasteiger partial charge is 0.0972 e. The lowest BCUT2D eigenvalue weighted by Crippen LogP contribution is -1.91. The Morgan fingerprint density at radius 2 is 0.589 bits per heavy atom. The number of fused-ring (bicyclic) bond motifs is 16. The van der Waals surface area contributed by atoms with Gasteiger partial charge in [-0.05, 0) is 44.8 Å². The van der Waals surface area contributed by atoms with Gasteiger partial charge in [-0.2, -0.15) is 0 Å². The van der Waals surface area contributed by atoms with Crippen LogP contribution >= 0.6 is 0 Å². The minimum Gasteiger partial charge on any atom is -0.352 e. The Balaban J connectivity index is 1.11. The molecule has 0 bridgehead atoms. The van der Waals surface area contributed by atoms with E-state index in [1.54, 1.807) is 0 Å². The number of hydrogen-bond donors (Lipinski definition) is 2. The van der Waals surface area contributed by atoms with Gasteiger partial charge < -0.3 is 9.97 Å². The summed E-state index contributed by atoms with van der Waals surface area (Å²) < 4.78 is 0. The van der Waals surface area contributed by atoms with Gasteiger partial charge in [0.1, 0.15) is 0 Å². The normalized spacial score (nSPS) is 12.3. The van der Waals surface area contributed by atoms with Crippen LogP contribution in [0.5, 0.6) is 0 Å². The third-order valence-corrected chi connectivity index (χ3v) is 12.1. The fourth-order valence-corrected chi connectivity index (χ4v) is 9.49. The number of rotatable bonds is 2. The van der Waals surface area contributed by atoms with Crippen molar-refractivity contribution in [2.75, 3.05) is 0 Å². The van der Waals surface area contributed by atoms with Crippen molar-refractivity contribution in [2.45, 2.75) is 0 Å². The molecule has 56 heavy (non-hydrogen) atoms. The Morgan fingerprint density at radius 1 is 0.250 bits per heavy atom. The highest BCUT2D eigenvalue weighted by atomic mass is 14.8. The van der Waals surface area contributed by atoms with Crippen LogP contribution in [-0.2, 0) is 0 Å². The summed E-state index contributed by atoms with van der Waals surface area (Å²) in [6.07, 6.45) is 0. The summed E-state index contributed by atoms with van der Waals surface area (Å²) in [4.78, 5) is 18.7. The molecule has 0 amide bonds. The van der Waals surface area contributed by atoms with E-state index in [0.717, 1.165) is 98.7 Å². The number of nitrogens with one attached hydrogen (secondary N) is 2. The van der Waals surface area contributed by atoms with Crippen molar-refractivity contribution in [1.29, 1.82) is 0 Å². The molecule has 0 radical (unpaired) electrons. The maximum absolute atomic E-state index is 5.45. The van der Waals surface area contributed by atoms with Crippen molar-refractivity contribution in [1.82, 2.24) is 19.9 Å². The first-order valence-corrected chi connectivity index (χ1v) is 19.2. The van der Waals surface area contributed by atoms with Gasteiger partial charge in [-0.1, -0.05) is 158 Å². The molecule has 9 aromatic carbocycles. The van der Waals surface area contributed by atoms with Crippen LogP contribution < -0.4 is 0 Å². The highest BCUT2D eigenvalue weighted by Crippen LogP contribution is 2.44. The summed E-state index contributed by atoms with van der Waals surface area (Å²) in [6.45, 7) is 0. The maximum atomic E-state index is 5.45. The van der Waals surface area contributed by atoms with Gasteiger partial charge in [0, 0.05) is 54.2 Å². The minimum atomic E-state index is 0.993. The number of aromatic amines is 2. The number of aromatic nitrogens is 4. The predicted octanol–water partition coefficient (Wildman–Crippen LogP) is 14.0. The molecule has 4 aromatic heterocycles. The van der Waals surface area contributed by atoms with Crippen LogP contribution in [0.4, 0.5) is 0 Å². The fraction of sp³-hybridized carbons (Fsp3) is 0. The van der Waals surface area contributed by atoms with Gasteiger partial charge >= 0.3 is 0 Å². The van der Waals surface area contributed by atoms with Crippen molar-refractivity contribution >= 4 is 109 Å². The fourth-order valence-electron chi connectivity index (χ4n) is 9.49. The highest BCUT2D eigenvalue weighted by Gasteiger charge is 2.21. The third kappa shape index (κ3) is 4.02. The third-order valence-electron chi connectivity index (χ3n) is 12.1. The van der Waals surface area contributed by atoms with E-state index < -0.39 is 0 Å². The lowest BCUT2D eigenvalue weighted by molar-refractivity contribution is 1.49. The summed E-state index contributed by atoms with van der Waals surface area (Å²) >= 11 is 0. The zero-order valence-corrected chi connectivity index (χ0v) is 30.1. The quantitative estimate of drug-likeness (QED) is 0.176. The molecule has 2 N–H and O–H groups in total. The summed E-state index contributed by atoms with van der Waals surface area (Å²) in [7, 11) is 0. The van der Waals surface area contributed by atoms with Crippen LogP contribution in [0.1, 0.15) is 0 Å². The first-order valence-electron chi connectivity index (χ1n) is 19.2. The van der Waals surface area contributed by atoms with Crippen LogP contribution in [-0.4, -0.2) is 19.9 Å². The van der Waals surface area contributed by atoms with Gasteiger partial charge in [0.15, 0.2) is 0 Å². The Hall–Kier alpha value is -7.56. The molecule has 0 aliphatic rings. The second kappa shape index (κ2) is 11.0. The average Bonchev–Trinajstić information content (AvgIpc) is 3.83. The van der Waals surface area contributed by atoms with Crippen molar-refractivity contribution < 1.29 is 0 Å². The number of pyridine rings is 2. The first kappa shape index (κ1) is 29.8. The summed E-state index contributed by atoms with van der Waals surface area (Å²) in [5.74, 6) is 0. The highest BCUT2D eigenvalue weighted by molar-refractivity contribution is 6.26.